The van der Waals surface area contributed by atoms with Gasteiger partial charge in [-0.2, -0.15) is 11.3 Å². The van der Waals surface area contributed by atoms with Crippen LogP contribution in [0.5, 0.6) is 0 Å². The Kier molecular flexibility index (Phi) is 3.37. The Labute approximate surface area is 93.7 Å². The first-order chi connectivity index (χ1) is 7.40. The van der Waals surface area contributed by atoms with Gasteiger partial charge in [0.15, 0.2) is 0 Å². The first-order valence-electron chi connectivity index (χ1n) is 4.97. The quantitative estimate of drug-likeness (QED) is 0.828. The number of anilines is 1. The van der Waals surface area contributed by atoms with Crippen molar-refractivity contribution >= 4 is 17.0 Å². The maximum Gasteiger partial charge on any atom is 0.0346 e. The molecule has 0 aliphatic carbocycles. The number of rotatable bonds is 4. The lowest BCUT2D eigenvalue weighted by atomic mass is 10.1. The fraction of sp³-hybridized carbons (Fsp3) is 0.167. The van der Waals surface area contributed by atoms with Crippen molar-refractivity contribution in [3.63, 3.8) is 0 Å². The van der Waals surface area contributed by atoms with E-state index in [1.54, 1.807) is 11.3 Å². The van der Waals surface area contributed by atoms with Crippen molar-refractivity contribution in [3.05, 3.63) is 41.1 Å². The molecule has 15 heavy (non-hydrogen) atoms. The fourth-order valence-corrected chi connectivity index (χ4v) is 2.12. The van der Waals surface area contributed by atoms with E-state index in [-0.39, 0.29) is 0 Å². The van der Waals surface area contributed by atoms with Gasteiger partial charge in [-0.05, 0) is 40.1 Å². The van der Waals surface area contributed by atoms with Crippen LogP contribution in [0.15, 0.2) is 41.1 Å². The number of hydrogen-bond acceptors (Lipinski definition) is 3. The summed E-state index contributed by atoms with van der Waals surface area (Å²) in [5.74, 6) is 0. The van der Waals surface area contributed by atoms with E-state index in [0.29, 0.717) is 6.54 Å². The molecule has 1 aromatic heterocycles. The molecule has 0 aliphatic rings. The molecule has 2 nitrogen and oxygen atoms in total. The SMILES string of the molecule is NCCNc1cccc(-c2ccsc2)c1. The monoisotopic (exact) mass is 218 g/mol. The number of hydrogen-bond donors (Lipinski definition) is 2. The molecular weight excluding hydrogens is 204 g/mol. The summed E-state index contributed by atoms with van der Waals surface area (Å²) in [7, 11) is 0. The average Bonchev–Trinajstić information content (AvgIpc) is 2.80. The van der Waals surface area contributed by atoms with E-state index in [1.165, 1.54) is 11.1 Å². The van der Waals surface area contributed by atoms with Gasteiger partial charge in [-0.3, -0.25) is 0 Å². The van der Waals surface area contributed by atoms with Crippen LogP contribution in [-0.2, 0) is 0 Å². The maximum atomic E-state index is 5.45. The smallest absolute Gasteiger partial charge is 0.0346 e. The molecule has 0 aliphatic heterocycles. The van der Waals surface area contributed by atoms with Crippen LogP contribution in [-0.4, -0.2) is 13.1 Å². The Morgan fingerprint density at radius 2 is 2.13 bits per heavy atom. The van der Waals surface area contributed by atoms with Crippen molar-refractivity contribution in [2.24, 2.45) is 5.73 Å². The van der Waals surface area contributed by atoms with Crippen LogP contribution in [0.3, 0.4) is 0 Å². The number of thiophene rings is 1. The highest BCUT2D eigenvalue weighted by Crippen LogP contribution is 2.24. The Balaban J connectivity index is 2.19. The van der Waals surface area contributed by atoms with Gasteiger partial charge in [0.1, 0.15) is 0 Å². The highest BCUT2D eigenvalue weighted by atomic mass is 32.1. The van der Waals surface area contributed by atoms with Gasteiger partial charge in [0.25, 0.3) is 0 Å². The van der Waals surface area contributed by atoms with Crippen LogP contribution < -0.4 is 11.1 Å². The summed E-state index contributed by atoms with van der Waals surface area (Å²) >= 11 is 1.72. The van der Waals surface area contributed by atoms with Crippen LogP contribution in [0.25, 0.3) is 11.1 Å². The molecule has 0 saturated carbocycles. The van der Waals surface area contributed by atoms with Crippen molar-refractivity contribution in [2.45, 2.75) is 0 Å². The summed E-state index contributed by atoms with van der Waals surface area (Å²) in [5.41, 5.74) is 9.10. The van der Waals surface area contributed by atoms with E-state index in [9.17, 15) is 0 Å². The van der Waals surface area contributed by atoms with Gasteiger partial charge >= 0.3 is 0 Å². The molecule has 1 heterocycles. The van der Waals surface area contributed by atoms with Crippen LogP contribution in [0, 0.1) is 0 Å². The van der Waals surface area contributed by atoms with E-state index < -0.39 is 0 Å². The molecule has 2 rings (SSSR count). The third-order valence-corrected chi connectivity index (χ3v) is 2.87. The minimum atomic E-state index is 0.655. The molecule has 0 radical (unpaired) electrons. The summed E-state index contributed by atoms with van der Waals surface area (Å²) < 4.78 is 0. The molecule has 3 N–H and O–H groups in total. The maximum absolute atomic E-state index is 5.45. The van der Waals surface area contributed by atoms with Gasteiger partial charge in [0.2, 0.25) is 0 Å². The Morgan fingerprint density at radius 3 is 2.87 bits per heavy atom. The van der Waals surface area contributed by atoms with E-state index in [1.807, 2.05) is 0 Å². The lowest BCUT2D eigenvalue weighted by Gasteiger charge is -2.06. The topological polar surface area (TPSA) is 38.0 Å². The largest absolute Gasteiger partial charge is 0.384 e. The lowest BCUT2D eigenvalue weighted by molar-refractivity contribution is 1.02. The second-order valence-corrected chi connectivity index (χ2v) is 4.09. The molecule has 0 spiro atoms. The highest BCUT2D eigenvalue weighted by molar-refractivity contribution is 7.08. The molecule has 2 aromatic rings. The zero-order valence-electron chi connectivity index (χ0n) is 8.44. The van der Waals surface area contributed by atoms with Gasteiger partial charge in [-0.15, -0.1) is 0 Å². The summed E-state index contributed by atoms with van der Waals surface area (Å²) in [5, 5.41) is 7.52. The normalized spacial score (nSPS) is 10.2. The zero-order valence-corrected chi connectivity index (χ0v) is 9.26. The summed E-state index contributed by atoms with van der Waals surface area (Å²) in [6.07, 6.45) is 0. The summed E-state index contributed by atoms with van der Waals surface area (Å²) in [6.45, 7) is 1.47. The molecule has 3 heteroatoms. The van der Waals surface area contributed by atoms with Crippen molar-refractivity contribution < 1.29 is 0 Å². The van der Waals surface area contributed by atoms with Gasteiger partial charge < -0.3 is 11.1 Å². The number of nitrogens with one attached hydrogen (secondary N) is 1. The predicted octanol–water partition coefficient (Wildman–Crippen LogP) is 2.79. The van der Waals surface area contributed by atoms with Crippen molar-refractivity contribution in [1.29, 1.82) is 0 Å². The van der Waals surface area contributed by atoms with Crippen LogP contribution in [0.1, 0.15) is 0 Å². The van der Waals surface area contributed by atoms with E-state index >= 15 is 0 Å². The standard InChI is InChI=1S/C12H14N2S/c13-5-6-14-12-3-1-2-10(8-12)11-4-7-15-9-11/h1-4,7-9,14H,5-6,13H2. The number of nitrogens with two attached hydrogens (primary N) is 1. The molecule has 1 aromatic carbocycles. The first kappa shape index (κ1) is 10.2. The van der Waals surface area contributed by atoms with Gasteiger partial charge in [-0.25, -0.2) is 0 Å². The summed E-state index contributed by atoms with van der Waals surface area (Å²) in [4.78, 5) is 0. The van der Waals surface area contributed by atoms with Crippen molar-refractivity contribution in [1.82, 2.24) is 0 Å². The third kappa shape index (κ3) is 2.58. The molecular formula is C12H14N2S. The second kappa shape index (κ2) is 4.96. The minimum Gasteiger partial charge on any atom is -0.384 e. The minimum absolute atomic E-state index is 0.655. The molecule has 78 valence electrons. The molecule has 0 fully saturated rings. The molecule has 0 saturated heterocycles. The number of benzene rings is 1. The second-order valence-electron chi connectivity index (χ2n) is 3.31. The van der Waals surface area contributed by atoms with Gasteiger partial charge in [0.05, 0.1) is 0 Å². The third-order valence-electron chi connectivity index (χ3n) is 2.19. The fourth-order valence-electron chi connectivity index (χ4n) is 1.45. The van der Waals surface area contributed by atoms with Crippen molar-refractivity contribution in [2.75, 3.05) is 18.4 Å². The molecule has 0 bridgehead atoms. The Bertz CT molecular complexity index is 409. The van der Waals surface area contributed by atoms with Crippen LogP contribution in [0.2, 0.25) is 0 Å². The Hall–Kier alpha value is -1.32. The van der Waals surface area contributed by atoms with E-state index in [4.69, 9.17) is 5.73 Å². The molecule has 0 atom stereocenters. The van der Waals surface area contributed by atoms with Crippen LogP contribution in [0.4, 0.5) is 5.69 Å². The first-order valence-corrected chi connectivity index (χ1v) is 5.91. The molecule has 0 amide bonds. The highest BCUT2D eigenvalue weighted by Gasteiger charge is 1.98. The Morgan fingerprint density at radius 1 is 1.20 bits per heavy atom. The van der Waals surface area contributed by atoms with Crippen LogP contribution >= 0.6 is 11.3 Å². The summed E-state index contributed by atoms with van der Waals surface area (Å²) in [6, 6.07) is 10.5. The van der Waals surface area contributed by atoms with Gasteiger partial charge in [0, 0.05) is 18.8 Å². The zero-order chi connectivity index (χ0) is 10.5. The predicted molar refractivity (Wildman–Crippen MR) is 67.3 cm³/mol. The van der Waals surface area contributed by atoms with E-state index in [0.717, 1.165) is 12.2 Å². The molecule has 0 unspecified atom stereocenters. The van der Waals surface area contributed by atoms with Crippen molar-refractivity contribution in [3.8, 4) is 11.1 Å². The average molecular weight is 218 g/mol. The lowest BCUT2D eigenvalue weighted by Crippen LogP contribution is -2.12. The van der Waals surface area contributed by atoms with E-state index in [2.05, 4.69) is 46.4 Å². The van der Waals surface area contributed by atoms with Gasteiger partial charge in [-0.1, -0.05) is 12.1 Å².